The van der Waals surface area contributed by atoms with Gasteiger partial charge in [0, 0.05) is 5.69 Å². The Morgan fingerprint density at radius 3 is 2.45 bits per heavy atom. The number of anilines is 1. The maximum Gasteiger partial charge on any atom is 0.341 e. The largest absolute Gasteiger partial charge is 0.467 e. The van der Waals surface area contributed by atoms with E-state index < -0.39 is 5.97 Å². The van der Waals surface area contributed by atoms with Crippen molar-refractivity contribution in [3.8, 4) is 0 Å². The molecule has 0 spiro atoms. The second-order valence-electron chi connectivity index (χ2n) is 6.74. The molecule has 0 fully saturated rings. The number of nitrogens with zero attached hydrogens (tertiary/aromatic N) is 2. The molecule has 0 atom stereocenters. The standard InChI is InChI=1S/C22H24N2O5/c1-16-20(22(26)27-3)12-19(29-16)13-23(2)15-21(25)24(14-18-10-7-11-28-18)17-8-5-4-6-9-17/h4-12H,13-15H2,1-3H3. The number of ether oxygens (including phenoxy) is 1. The molecule has 0 aliphatic heterocycles. The number of carbonyl (C=O) groups excluding carboxylic acids is 2. The topological polar surface area (TPSA) is 76.1 Å². The lowest BCUT2D eigenvalue weighted by molar-refractivity contribution is -0.119. The van der Waals surface area contributed by atoms with Crippen LogP contribution in [0.2, 0.25) is 0 Å². The summed E-state index contributed by atoms with van der Waals surface area (Å²) in [5.41, 5.74) is 1.19. The first-order valence-corrected chi connectivity index (χ1v) is 9.22. The van der Waals surface area contributed by atoms with Gasteiger partial charge >= 0.3 is 5.97 Å². The molecule has 0 saturated carbocycles. The highest BCUT2D eigenvalue weighted by atomic mass is 16.5. The maximum atomic E-state index is 13.0. The second kappa shape index (κ2) is 9.25. The quantitative estimate of drug-likeness (QED) is 0.541. The van der Waals surface area contributed by atoms with Gasteiger partial charge in [-0.25, -0.2) is 4.79 Å². The normalized spacial score (nSPS) is 10.9. The van der Waals surface area contributed by atoms with E-state index in [1.165, 1.54) is 7.11 Å². The summed E-state index contributed by atoms with van der Waals surface area (Å²) >= 11 is 0. The molecule has 3 aromatic rings. The van der Waals surface area contributed by atoms with Gasteiger partial charge in [0.25, 0.3) is 0 Å². The van der Waals surface area contributed by atoms with E-state index in [9.17, 15) is 9.59 Å². The molecule has 0 radical (unpaired) electrons. The van der Waals surface area contributed by atoms with Gasteiger partial charge in [0.15, 0.2) is 0 Å². The first kappa shape index (κ1) is 20.4. The fourth-order valence-corrected chi connectivity index (χ4v) is 3.06. The minimum Gasteiger partial charge on any atom is -0.467 e. The van der Waals surface area contributed by atoms with Crippen LogP contribution in [-0.2, 0) is 22.6 Å². The Morgan fingerprint density at radius 2 is 1.79 bits per heavy atom. The zero-order valence-corrected chi connectivity index (χ0v) is 16.8. The molecule has 2 heterocycles. The number of aryl methyl sites for hydroxylation is 1. The number of amides is 1. The molecule has 1 amide bonds. The van der Waals surface area contributed by atoms with Gasteiger partial charge in [0.2, 0.25) is 5.91 Å². The predicted octanol–water partition coefficient (Wildman–Crippen LogP) is 3.63. The first-order chi connectivity index (χ1) is 14.0. The molecule has 152 valence electrons. The zero-order valence-electron chi connectivity index (χ0n) is 16.8. The lowest BCUT2D eigenvalue weighted by Gasteiger charge is -2.24. The molecule has 2 aromatic heterocycles. The highest BCUT2D eigenvalue weighted by Gasteiger charge is 2.21. The summed E-state index contributed by atoms with van der Waals surface area (Å²) in [5, 5.41) is 0. The molecule has 0 unspecified atom stereocenters. The Hall–Kier alpha value is -3.32. The molecule has 0 aliphatic carbocycles. The van der Waals surface area contributed by atoms with Gasteiger partial charge in [-0.1, -0.05) is 18.2 Å². The molecule has 3 rings (SSSR count). The summed E-state index contributed by atoms with van der Waals surface area (Å²) in [6, 6.07) is 14.8. The van der Waals surface area contributed by atoms with E-state index in [-0.39, 0.29) is 12.5 Å². The molecule has 0 bridgehead atoms. The van der Waals surface area contributed by atoms with E-state index in [1.54, 1.807) is 30.2 Å². The Labute approximate surface area is 169 Å². The number of methoxy groups -OCH3 is 1. The van der Waals surface area contributed by atoms with Crippen LogP contribution in [-0.4, -0.2) is 37.5 Å². The van der Waals surface area contributed by atoms with E-state index in [1.807, 2.05) is 48.3 Å². The lowest BCUT2D eigenvalue weighted by Crippen LogP contribution is -2.38. The number of furan rings is 2. The van der Waals surface area contributed by atoms with Gasteiger partial charge in [-0.2, -0.15) is 0 Å². The van der Waals surface area contributed by atoms with Gasteiger partial charge in [-0.3, -0.25) is 9.69 Å². The Balaban J connectivity index is 1.69. The van der Waals surface area contributed by atoms with Gasteiger partial charge < -0.3 is 18.5 Å². The summed E-state index contributed by atoms with van der Waals surface area (Å²) in [5.74, 6) is 1.27. The number of hydrogen-bond donors (Lipinski definition) is 0. The van der Waals surface area contributed by atoms with E-state index in [2.05, 4.69) is 0 Å². The molecular formula is C22H24N2O5. The predicted molar refractivity (Wildman–Crippen MR) is 107 cm³/mol. The van der Waals surface area contributed by atoms with E-state index in [0.29, 0.717) is 35.9 Å². The zero-order chi connectivity index (χ0) is 20.8. The van der Waals surface area contributed by atoms with E-state index in [0.717, 1.165) is 5.69 Å². The number of esters is 1. The minimum absolute atomic E-state index is 0.0773. The van der Waals surface area contributed by atoms with Crippen molar-refractivity contribution in [2.45, 2.75) is 20.0 Å². The van der Waals surface area contributed by atoms with Crippen molar-refractivity contribution < 1.29 is 23.2 Å². The highest BCUT2D eigenvalue weighted by Crippen LogP contribution is 2.19. The Kier molecular flexibility index (Phi) is 6.51. The molecular weight excluding hydrogens is 372 g/mol. The fourth-order valence-electron chi connectivity index (χ4n) is 3.06. The summed E-state index contributed by atoms with van der Waals surface area (Å²) in [6.07, 6.45) is 1.59. The third-order valence-electron chi connectivity index (χ3n) is 4.47. The van der Waals surface area contributed by atoms with Crippen LogP contribution in [0.4, 0.5) is 5.69 Å². The van der Waals surface area contributed by atoms with Crippen LogP contribution in [0.25, 0.3) is 0 Å². The average molecular weight is 396 g/mol. The second-order valence-corrected chi connectivity index (χ2v) is 6.74. The first-order valence-electron chi connectivity index (χ1n) is 9.22. The van der Waals surface area contributed by atoms with Gasteiger partial charge in [0.1, 0.15) is 22.8 Å². The number of likely N-dealkylation sites (N-methyl/N-ethyl adjacent to an activating group) is 1. The van der Waals surface area contributed by atoms with Crippen molar-refractivity contribution in [3.63, 3.8) is 0 Å². The van der Waals surface area contributed by atoms with Gasteiger partial charge in [-0.05, 0) is 44.3 Å². The molecule has 0 saturated heterocycles. The van der Waals surface area contributed by atoms with Crippen LogP contribution in [0.1, 0.15) is 27.6 Å². The lowest BCUT2D eigenvalue weighted by atomic mass is 10.2. The molecule has 29 heavy (non-hydrogen) atoms. The van der Waals surface area contributed by atoms with E-state index >= 15 is 0 Å². The van der Waals surface area contributed by atoms with Crippen LogP contribution in [0.3, 0.4) is 0 Å². The van der Waals surface area contributed by atoms with Crippen molar-refractivity contribution >= 4 is 17.6 Å². The van der Waals surface area contributed by atoms with Crippen LogP contribution in [0, 0.1) is 6.92 Å². The average Bonchev–Trinajstić information content (AvgIpc) is 3.35. The smallest absolute Gasteiger partial charge is 0.341 e. The van der Waals surface area contributed by atoms with E-state index in [4.69, 9.17) is 13.6 Å². The van der Waals surface area contributed by atoms with Crippen LogP contribution >= 0.6 is 0 Å². The summed E-state index contributed by atoms with van der Waals surface area (Å²) < 4.78 is 15.8. The molecule has 0 aliphatic rings. The van der Waals surface area contributed by atoms with Crippen molar-refractivity contribution in [1.29, 1.82) is 0 Å². The molecule has 7 nitrogen and oxygen atoms in total. The fraction of sp³-hybridized carbons (Fsp3) is 0.273. The minimum atomic E-state index is -0.440. The Morgan fingerprint density at radius 1 is 1.03 bits per heavy atom. The summed E-state index contributed by atoms with van der Waals surface area (Å²) in [4.78, 5) is 28.3. The molecule has 7 heteroatoms. The van der Waals surface area contributed by atoms with Gasteiger partial charge in [-0.15, -0.1) is 0 Å². The third-order valence-corrected chi connectivity index (χ3v) is 4.47. The van der Waals surface area contributed by atoms with Crippen molar-refractivity contribution in [2.24, 2.45) is 0 Å². The monoisotopic (exact) mass is 396 g/mol. The molecule has 0 N–H and O–H groups in total. The van der Waals surface area contributed by atoms with Crippen LogP contribution < -0.4 is 4.90 Å². The Bertz CT molecular complexity index is 947. The maximum absolute atomic E-state index is 13.0. The van der Waals surface area contributed by atoms with Crippen LogP contribution in [0.5, 0.6) is 0 Å². The number of rotatable bonds is 8. The summed E-state index contributed by atoms with van der Waals surface area (Å²) in [7, 11) is 3.15. The number of hydrogen-bond acceptors (Lipinski definition) is 6. The highest BCUT2D eigenvalue weighted by molar-refractivity contribution is 5.94. The number of para-hydroxylation sites is 1. The summed E-state index contributed by atoms with van der Waals surface area (Å²) in [6.45, 7) is 2.60. The van der Waals surface area contributed by atoms with Crippen molar-refractivity contribution in [2.75, 3.05) is 25.6 Å². The SMILES string of the molecule is COC(=O)c1cc(CN(C)CC(=O)N(Cc2ccco2)c2ccccc2)oc1C. The third kappa shape index (κ3) is 5.14. The van der Waals surface area contributed by atoms with Crippen molar-refractivity contribution in [3.05, 3.63) is 77.6 Å². The number of carbonyl (C=O) groups is 2. The van der Waals surface area contributed by atoms with Crippen molar-refractivity contribution in [1.82, 2.24) is 4.90 Å². The van der Waals surface area contributed by atoms with Crippen LogP contribution in [0.15, 0.2) is 63.6 Å². The number of benzene rings is 1. The van der Waals surface area contributed by atoms with Gasteiger partial charge in [0.05, 0.1) is 33.0 Å². The molecule has 1 aromatic carbocycles.